The maximum atomic E-state index is 14.0. The predicted octanol–water partition coefficient (Wildman–Crippen LogP) is 5.29. The van der Waals surface area contributed by atoms with Gasteiger partial charge in [0.05, 0.1) is 5.60 Å². The van der Waals surface area contributed by atoms with Crippen molar-refractivity contribution in [3.8, 4) is 0 Å². The van der Waals surface area contributed by atoms with Crippen molar-refractivity contribution in [1.82, 2.24) is 4.31 Å². The lowest BCUT2D eigenvalue weighted by molar-refractivity contribution is -0.155. The molecule has 1 heterocycles. The third-order valence-corrected chi connectivity index (χ3v) is 9.39. The Morgan fingerprint density at radius 3 is 2.22 bits per heavy atom. The van der Waals surface area contributed by atoms with E-state index in [0.29, 0.717) is 11.1 Å². The minimum Gasteiger partial charge on any atom is -0.479 e. The molecule has 2 aromatic rings. The number of hydrogen-bond donors (Lipinski definition) is 1. The van der Waals surface area contributed by atoms with Gasteiger partial charge in [0.15, 0.2) is 6.10 Å². The second-order valence-corrected chi connectivity index (χ2v) is 13.0. The number of hydrogen-bond acceptors (Lipinski definition) is 4. The summed E-state index contributed by atoms with van der Waals surface area (Å²) >= 11 is 0. The molecule has 0 amide bonds. The topological polar surface area (TPSA) is 83.9 Å². The van der Waals surface area contributed by atoms with E-state index in [-0.39, 0.29) is 6.54 Å². The number of aliphatic carboxylic acids is 1. The number of fused-ring (bicyclic) bond motifs is 3. The van der Waals surface area contributed by atoms with E-state index in [1.807, 2.05) is 62.4 Å². The molecule has 0 saturated carbocycles. The number of carbonyl (C=O) groups is 1. The largest absolute Gasteiger partial charge is 0.479 e. The summed E-state index contributed by atoms with van der Waals surface area (Å²) in [5.74, 6) is -1.59. The molecule has 0 radical (unpaired) electrons. The number of rotatable bonds is 4. The van der Waals surface area contributed by atoms with Crippen molar-refractivity contribution in [3.63, 3.8) is 0 Å². The highest BCUT2D eigenvalue weighted by Crippen LogP contribution is 2.51. The third-order valence-electron chi connectivity index (χ3n) is 7.12. The van der Waals surface area contributed by atoms with Crippen LogP contribution in [0.15, 0.2) is 65.3 Å². The molecule has 2 aliphatic rings. The first kappa shape index (κ1) is 26.3. The molecular formula is C29H35NO5S. The van der Waals surface area contributed by atoms with E-state index in [2.05, 4.69) is 0 Å². The van der Waals surface area contributed by atoms with Crippen LogP contribution in [-0.2, 0) is 26.1 Å². The summed E-state index contributed by atoms with van der Waals surface area (Å²) < 4.78 is 35.5. The van der Waals surface area contributed by atoms with Crippen LogP contribution in [0.25, 0.3) is 5.57 Å². The summed E-state index contributed by atoms with van der Waals surface area (Å²) in [4.78, 5) is 12.7. The highest BCUT2D eigenvalue weighted by molar-refractivity contribution is 7.90. The number of allylic oxidation sites excluding steroid dienone is 1. The van der Waals surface area contributed by atoms with Gasteiger partial charge in [-0.3, -0.25) is 0 Å². The van der Waals surface area contributed by atoms with Gasteiger partial charge in [-0.15, -0.1) is 0 Å². The van der Waals surface area contributed by atoms with Gasteiger partial charge in [0.2, 0.25) is 10.0 Å². The highest BCUT2D eigenvalue weighted by Gasteiger charge is 2.49. The van der Waals surface area contributed by atoms with E-state index < -0.39 is 38.9 Å². The molecule has 7 heteroatoms. The Morgan fingerprint density at radius 1 is 1.03 bits per heavy atom. The van der Waals surface area contributed by atoms with E-state index >= 15 is 0 Å². The van der Waals surface area contributed by atoms with E-state index in [1.165, 1.54) is 4.31 Å². The van der Waals surface area contributed by atoms with Crippen molar-refractivity contribution >= 4 is 21.6 Å². The fourth-order valence-corrected chi connectivity index (χ4v) is 7.50. The summed E-state index contributed by atoms with van der Waals surface area (Å²) in [6, 6.07) is 15.7. The number of carboxylic acids is 1. The fraction of sp³-hybridized carbons (Fsp3) is 0.414. The zero-order chi connectivity index (χ0) is 26.6. The average molecular weight is 510 g/mol. The lowest BCUT2D eigenvalue weighted by Crippen LogP contribution is -2.43. The molecule has 0 fully saturated rings. The Morgan fingerprint density at radius 2 is 1.64 bits per heavy atom. The number of benzene rings is 2. The molecule has 2 aromatic carbocycles. The molecule has 1 aliphatic carbocycles. The Balaban J connectivity index is 2.11. The van der Waals surface area contributed by atoms with Gasteiger partial charge in [-0.1, -0.05) is 59.7 Å². The summed E-state index contributed by atoms with van der Waals surface area (Å²) in [5.41, 5.74) is 5.61. The van der Waals surface area contributed by atoms with Gasteiger partial charge < -0.3 is 9.84 Å². The zero-order valence-electron chi connectivity index (χ0n) is 22.0. The summed E-state index contributed by atoms with van der Waals surface area (Å²) in [6.07, 6.45) is -1.32. The van der Waals surface area contributed by atoms with E-state index in [0.717, 1.165) is 33.4 Å². The summed E-state index contributed by atoms with van der Waals surface area (Å²) in [5, 5.41) is 9.42. The Kier molecular flexibility index (Phi) is 6.79. The molecule has 0 bridgehead atoms. The minimum atomic E-state index is -3.80. The number of aryl methyl sites for hydroxylation is 1. The van der Waals surface area contributed by atoms with Gasteiger partial charge in [0.1, 0.15) is 5.25 Å². The van der Waals surface area contributed by atoms with Crippen LogP contribution >= 0.6 is 0 Å². The van der Waals surface area contributed by atoms with Crippen LogP contribution in [0.3, 0.4) is 0 Å². The molecule has 1 N–H and O–H groups in total. The minimum absolute atomic E-state index is 0.266. The predicted molar refractivity (Wildman–Crippen MR) is 142 cm³/mol. The fourth-order valence-electron chi connectivity index (χ4n) is 5.52. The second-order valence-electron chi connectivity index (χ2n) is 10.9. The van der Waals surface area contributed by atoms with Gasteiger partial charge >= 0.3 is 5.97 Å². The number of nitrogens with zero attached hydrogens (tertiary/aromatic N) is 1. The molecule has 0 aromatic heterocycles. The van der Waals surface area contributed by atoms with Gasteiger partial charge in [0, 0.05) is 25.1 Å². The van der Waals surface area contributed by atoms with Crippen molar-refractivity contribution in [1.29, 1.82) is 0 Å². The maximum Gasteiger partial charge on any atom is 0.337 e. The molecule has 36 heavy (non-hydrogen) atoms. The molecule has 4 rings (SSSR count). The third kappa shape index (κ3) is 4.56. The monoisotopic (exact) mass is 509 g/mol. The van der Waals surface area contributed by atoms with Crippen LogP contribution in [0.1, 0.15) is 62.8 Å². The standard InChI is InChI=1S/C29H35NO5S/c1-17-12-14-20(15-13-17)23-18(2)24-22-11-9-8-10-21(22)16-30(7)36(33,34)27(24)19(3)25(23)26(28(31)32)35-29(4,5)6/h8-15,24,26-27H,16H2,1-7H3,(H,31,32)/t24?,26-,27?/m0/s1. The van der Waals surface area contributed by atoms with Crippen LogP contribution in [0, 0.1) is 6.92 Å². The first-order valence-corrected chi connectivity index (χ1v) is 13.7. The molecule has 0 spiro atoms. The van der Waals surface area contributed by atoms with Crippen molar-refractivity contribution < 1.29 is 23.1 Å². The van der Waals surface area contributed by atoms with Crippen LogP contribution in [0.5, 0.6) is 0 Å². The number of sulfonamides is 1. The second kappa shape index (κ2) is 9.29. The summed E-state index contributed by atoms with van der Waals surface area (Å²) in [6.45, 7) is 11.4. The Hall–Kier alpha value is -2.74. The SMILES string of the molecule is CC1=C(c2ccc(C)cc2)C([C@H](OC(C)(C)C)C(=O)O)=C(C)C2C1c1ccccc1CN(C)S2(=O)=O. The number of ether oxygens (including phenoxy) is 1. The van der Waals surface area contributed by atoms with Crippen LogP contribution < -0.4 is 0 Å². The lowest BCUT2D eigenvalue weighted by atomic mass is 9.72. The van der Waals surface area contributed by atoms with Crippen molar-refractivity contribution in [3.05, 3.63) is 87.5 Å². The van der Waals surface area contributed by atoms with E-state index in [9.17, 15) is 18.3 Å². The average Bonchev–Trinajstić information content (AvgIpc) is 2.87. The lowest BCUT2D eigenvalue weighted by Gasteiger charge is -2.39. The Bertz CT molecular complexity index is 1360. The first-order chi connectivity index (χ1) is 16.7. The van der Waals surface area contributed by atoms with Crippen LogP contribution in [0.4, 0.5) is 0 Å². The normalized spacial score (nSPS) is 23.1. The maximum absolute atomic E-state index is 14.0. The highest BCUT2D eigenvalue weighted by atomic mass is 32.2. The molecular weight excluding hydrogens is 474 g/mol. The zero-order valence-corrected chi connectivity index (χ0v) is 22.8. The molecule has 2 unspecified atom stereocenters. The number of carboxylic acid groups (broad SMARTS) is 1. The van der Waals surface area contributed by atoms with E-state index in [1.54, 1.807) is 34.7 Å². The molecule has 192 valence electrons. The van der Waals surface area contributed by atoms with Gasteiger partial charge in [-0.25, -0.2) is 17.5 Å². The van der Waals surface area contributed by atoms with Gasteiger partial charge in [-0.05, 0) is 69.4 Å². The quantitative estimate of drug-likeness (QED) is 0.605. The molecule has 0 saturated heterocycles. The van der Waals surface area contributed by atoms with Crippen molar-refractivity contribution in [2.75, 3.05) is 7.05 Å². The Labute approximate surface area is 214 Å². The van der Waals surface area contributed by atoms with E-state index in [4.69, 9.17) is 4.74 Å². The molecule has 1 aliphatic heterocycles. The van der Waals surface area contributed by atoms with Crippen LogP contribution in [0.2, 0.25) is 0 Å². The first-order valence-electron chi connectivity index (χ1n) is 12.2. The van der Waals surface area contributed by atoms with Crippen molar-refractivity contribution in [2.45, 2.75) is 71.0 Å². The smallest absolute Gasteiger partial charge is 0.337 e. The molecule has 6 nitrogen and oxygen atoms in total. The van der Waals surface area contributed by atoms with Crippen LogP contribution in [-0.4, -0.2) is 47.8 Å². The summed E-state index contributed by atoms with van der Waals surface area (Å²) in [7, 11) is -2.21. The van der Waals surface area contributed by atoms with Gasteiger partial charge in [-0.2, -0.15) is 0 Å². The van der Waals surface area contributed by atoms with Crippen molar-refractivity contribution in [2.24, 2.45) is 0 Å². The molecule has 3 atom stereocenters. The van der Waals surface area contributed by atoms with Gasteiger partial charge in [0.25, 0.3) is 0 Å².